The van der Waals surface area contributed by atoms with Gasteiger partial charge in [0, 0.05) is 6.92 Å². The zero-order chi connectivity index (χ0) is 18.1. The molecule has 0 saturated heterocycles. The van der Waals surface area contributed by atoms with Gasteiger partial charge in [0.1, 0.15) is 6.10 Å². The van der Waals surface area contributed by atoms with Crippen molar-refractivity contribution in [2.75, 3.05) is 0 Å². The summed E-state index contributed by atoms with van der Waals surface area (Å²) in [5.74, 6) is 0.297. The molecule has 1 rings (SSSR count). The van der Waals surface area contributed by atoms with Gasteiger partial charge in [-0.05, 0) is 63.9 Å². The number of carbonyl (C=O) groups is 1. The van der Waals surface area contributed by atoms with Crippen LogP contribution in [0.1, 0.15) is 73.1 Å². The maximum atomic E-state index is 11.4. The number of rotatable bonds is 2. The highest BCUT2D eigenvalue weighted by atomic mass is 16.5. The summed E-state index contributed by atoms with van der Waals surface area (Å²) >= 11 is 0. The van der Waals surface area contributed by atoms with Crippen LogP contribution in [0, 0.1) is 5.92 Å². The molecule has 2 nitrogen and oxygen atoms in total. The van der Waals surface area contributed by atoms with Crippen molar-refractivity contribution in [3.05, 3.63) is 47.1 Å². The second kappa shape index (κ2) is 10.3. The van der Waals surface area contributed by atoms with E-state index in [1.165, 1.54) is 23.6 Å². The van der Waals surface area contributed by atoms with Crippen LogP contribution in [0.2, 0.25) is 0 Å². The molecule has 0 fully saturated rings. The van der Waals surface area contributed by atoms with Crippen LogP contribution in [0.5, 0.6) is 0 Å². The summed E-state index contributed by atoms with van der Waals surface area (Å²) in [4.78, 5) is 11.4. The molecule has 0 aromatic rings. The van der Waals surface area contributed by atoms with Crippen LogP contribution in [0.3, 0.4) is 0 Å². The first kappa shape index (κ1) is 20.5. The second-order valence-electron chi connectivity index (χ2n) is 7.29. The summed E-state index contributed by atoms with van der Waals surface area (Å²) < 4.78 is 5.53. The molecule has 1 unspecified atom stereocenters. The van der Waals surface area contributed by atoms with Crippen molar-refractivity contribution in [2.45, 2.75) is 79.2 Å². The number of hydrogen-bond acceptors (Lipinski definition) is 2. The van der Waals surface area contributed by atoms with Crippen LogP contribution in [-0.4, -0.2) is 12.1 Å². The van der Waals surface area contributed by atoms with Crippen molar-refractivity contribution < 1.29 is 9.53 Å². The van der Waals surface area contributed by atoms with Crippen LogP contribution in [0.4, 0.5) is 0 Å². The van der Waals surface area contributed by atoms with Gasteiger partial charge in [-0.2, -0.15) is 0 Å². The summed E-state index contributed by atoms with van der Waals surface area (Å²) in [6.07, 6.45) is 12.5. The van der Waals surface area contributed by atoms with Gasteiger partial charge >= 0.3 is 5.97 Å². The van der Waals surface area contributed by atoms with Crippen molar-refractivity contribution in [1.82, 2.24) is 0 Å². The maximum absolute atomic E-state index is 11.4. The summed E-state index contributed by atoms with van der Waals surface area (Å²) in [7, 11) is 0. The Morgan fingerprint density at radius 3 is 2.46 bits per heavy atom. The molecule has 0 spiro atoms. The van der Waals surface area contributed by atoms with Gasteiger partial charge in [-0.25, -0.2) is 0 Å². The Labute approximate surface area is 148 Å². The summed E-state index contributed by atoms with van der Waals surface area (Å²) in [5.41, 5.74) is 5.25. The fourth-order valence-corrected chi connectivity index (χ4v) is 2.92. The Balaban J connectivity index is 2.99. The van der Waals surface area contributed by atoms with Gasteiger partial charge in [-0.1, -0.05) is 55.4 Å². The largest absolute Gasteiger partial charge is 0.458 e. The van der Waals surface area contributed by atoms with Crippen molar-refractivity contribution in [3.63, 3.8) is 0 Å². The third-order valence-electron chi connectivity index (χ3n) is 4.65. The number of ether oxygens (including phenoxy) is 1. The summed E-state index contributed by atoms with van der Waals surface area (Å²) in [6.45, 7) is 14.5. The molecule has 0 N–H and O–H groups in total. The number of carbonyl (C=O) groups excluding carboxylic acids is 1. The molecule has 0 bridgehead atoms. The van der Waals surface area contributed by atoms with E-state index in [0.717, 1.165) is 44.1 Å². The number of hydrogen-bond donors (Lipinski definition) is 0. The zero-order valence-electron chi connectivity index (χ0n) is 16.2. The molecule has 24 heavy (non-hydrogen) atoms. The first-order valence-electron chi connectivity index (χ1n) is 9.16. The van der Waals surface area contributed by atoms with Gasteiger partial charge in [-0.3, -0.25) is 4.79 Å². The minimum absolute atomic E-state index is 0.167. The predicted molar refractivity (Wildman–Crippen MR) is 103 cm³/mol. The lowest BCUT2D eigenvalue weighted by Crippen LogP contribution is -2.19. The maximum Gasteiger partial charge on any atom is 0.303 e. The molecule has 2 heteroatoms. The topological polar surface area (TPSA) is 26.3 Å². The van der Waals surface area contributed by atoms with Gasteiger partial charge in [-0.15, -0.1) is 0 Å². The van der Waals surface area contributed by atoms with Crippen LogP contribution in [0.25, 0.3) is 0 Å². The van der Waals surface area contributed by atoms with Gasteiger partial charge in [0.15, 0.2) is 0 Å². The van der Waals surface area contributed by atoms with Crippen molar-refractivity contribution >= 4 is 5.97 Å². The zero-order valence-corrected chi connectivity index (χ0v) is 16.2. The monoisotopic (exact) mass is 330 g/mol. The van der Waals surface area contributed by atoms with Crippen LogP contribution >= 0.6 is 0 Å². The standard InChI is InChI=1S/C22H34O2/c1-16(2)21-13-10-17(3)8-7-9-18(4)11-15-22(24-20(6)23)19(5)12-14-21/h9-10,13,16,22H,5,7-8,11-12,14-15H2,1-4,6H3/b17-10+,18-9+,21-13+. The average Bonchev–Trinajstić information content (AvgIpc) is 2.49. The first-order chi connectivity index (χ1) is 11.3. The van der Waals surface area contributed by atoms with E-state index in [4.69, 9.17) is 4.74 Å². The first-order valence-corrected chi connectivity index (χ1v) is 9.16. The van der Waals surface area contributed by atoms with E-state index in [9.17, 15) is 4.79 Å². The van der Waals surface area contributed by atoms with Gasteiger partial charge in [0.2, 0.25) is 0 Å². The molecular formula is C22H34O2. The van der Waals surface area contributed by atoms with Gasteiger partial charge < -0.3 is 4.74 Å². The van der Waals surface area contributed by atoms with E-state index in [1.807, 2.05) is 0 Å². The molecule has 1 aliphatic carbocycles. The second-order valence-corrected chi connectivity index (χ2v) is 7.29. The Bertz CT molecular complexity index is 532. The number of allylic oxidation sites excluding steroid dienone is 6. The van der Waals surface area contributed by atoms with Gasteiger partial charge in [0.05, 0.1) is 0 Å². The minimum Gasteiger partial charge on any atom is -0.458 e. The van der Waals surface area contributed by atoms with E-state index >= 15 is 0 Å². The molecule has 1 atom stereocenters. The third-order valence-corrected chi connectivity index (χ3v) is 4.65. The van der Waals surface area contributed by atoms with E-state index in [2.05, 4.69) is 52.5 Å². The quantitative estimate of drug-likeness (QED) is 0.438. The van der Waals surface area contributed by atoms with Crippen LogP contribution in [0.15, 0.2) is 47.1 Å². The lowest BCUT2D eigenvalue weighted by molar-refractivity contribution is -0.144. The lowest BCUT2D eigenvalue weighted by atomic mass is 9.92. The highest BCUT2D eigenvalue weighted by Crippen LogP contribution is 2.25. The minimum atomic E-state index is -0.220. The van der Waals surface area contributed by atoms with Crippen molar-refractivity contribution in [2.24, 2.45) is 5.92 Å². The van der Waals surface area contributed by atoms with E-state index < -0.39 is 0 Å². The summed E-state index contributed by atoms with van der Waals surface area (Å²) in [6, 6.07) is 0. The normalized spacial score (nSPS) is 28.0. The highest BCUT2D eigenvalue weighted by molar-refractivity contribution is 5.66. The molecule has 0 saturated carbocycles. The Kier molecular flexibility index (Phi) is 8.81. The summed E-state index contributed by atoms with van der Waals surface area (Å²) in [5, 5.41) is 0. The molecular weight excluding hydrogens is 296 g/mol. The fourth-order valence-electron chi connectivity index (χ4n) is 2.92. The van der Waals surface area contributed by atoms with Gasteiger partial charge in [0.25, 0.3) is 0 Å². The molecule has 1 aliphatic rings. The Hall–Kier alpha value is -1.57. The Morgan fingerprint density at radius 1 is 1.12 bits per heavy atom. The molecule has 0 heterocycles. The average molecular weight is 331 g/mol. The molecule has 0 aliphatic heterocycles. The van der Waals surface area contributed by atoms with E-state index in [1.54, 1.807) is 0 Å². The predicted octanol–water partition coefficient (Wildman–Crippen LogP) is 6.30. The van der Waals surface area contributed by atoms with Crippen molar-refractivity contribution in [1.29, 1.82) is 0 Å². The molecule has 0 amide bonds. The molecule has 0 aromatic heterocycles. The molecule has 0 radical (unpaired) electrons. The number of esters is 1. The van der Waals surface area contributed by atoms with Crippen LogP contribution in [-0.2, 0) is 9.53 Å². The van der Waals surface area contributed by atoms with Crippen LogP contribution < -0.4 is 0 Å². The molecule has 134 valence electrons. The lowest BCUT2D eigenvalue weighted by Gasteiger charge is -2.21. The highest BCUT2D eigenvalue weighted by Gasteiger charge is 2.17. The Morgan fingerprint density at radius 2 is 1.83 bits per heavy atom. The SMILES string of the molecule is C=C1CC/C(C(C)C)=C\C=C(/C)CC/C=C(\C)CCC1OC(C)=O. The smallest absolute Gasteiger partial charge is 0.303 e. The fraction of sp³-hybridized carbons (Fsp3) is 0.591. The van der Waals surface area contributed by atoms with Crippen molar-refractivity contribution in [3.8, 4) is 0 Å². The van der Waals surface area contributed by atoms with E-state index in [-0.39, 0.29) is 12.1 Å². The molecule has 0 aromatic carbocycles. The third kappa shape index (κ3) is 7.81. The van der Waals surface area contributed by atoms with E-state index in [0.29, 0.717) is 5.92 Å².